The first kappa shape index (κ1) is 9.48. The van der Waals surface area contributed by atoms with Crippen molar-refractivity contribution in [1.29, 1.82) is 0 Å². The minimum atomic E-state index is -0.293. The quantitative estimate of drug-likeness (QED) is 0.594. The lowest BCUT2D eigenvalue weighted by Gasteiger charge is -2.28. The highest BCUT2D eigenvalue weighted by Crippen LogP contribution is 2.05. The molecule has 1 rings (SSSR count). The van der Waals surface area contributed by atoms with Crippen molar-refractivity contribution in [2.45, 2.75) is 26.0 Å². The monoisotopic (exact) mass is 173 g/mol. The average molecular weight is 173 g/mol. The van der Waals surface area contributed by atoms with Crippen molar-refractivity contribution in [3.05, 3.63) is 0 Å². The Hall–Kier alpha value is -0.610. The van der Waals surface area contributed by atoms with Gasteiger partial charge in [0, 0.05) is 6.54 Å². The Balaban J connectivity index is 2.42. The van der Waals surface area contributed by atoms with Crippen LogP contribution in [0.2, 0.25) is 0 Å². The Kier molecular flexibility index (Phi) is 3.49. The Morgan fingerprint density at radius 1 is 1.75 bits per heavy atom. The molecule has 0 radical (unpaired) electrons. The van der Waals surface area contributed by atoms with Crippen LogP contribution in [0.4, 0.5) is 0 Å². The standard InChI is InChI=1S/C8H15NO3/c1-3-11-8(10)7-6(2)12-5-4-9-7/h6-7,9H,3-5H2,1-2H3. The number of hydrogen-bond acceptors (Lipinski definition) is 4. The van der Waals surface area contributed by atoms with Gasteiger partial charge in [0.15, 0.2) is 0 Å². The summed E-state index contributed by atoms with van der Waals surface area (Å²) in [4.78, 5) is 11.2. The van der Waals surface area contributed by atoms with Gasteiger partial charge in [-0.25, -0.2) is 0 Å². The van der Waals surface area contributed by atoms with Crippen molar-refractivity contribution in [2.75, 3.05) is 19.8 Å². The fourth-order valence-electron chi connectivity index (χ4n) is 1.23. The number of carbonyl (C=O) groups is 1. The molecule has 0 amide bonds. The number of carbonyl (C=O) groups excluding carboxylic acids is 1. The third-order valence-electron chi connectivity index (χ3n) is 1.86. The molecule has 0 aromatic carbocycles. The van der Waals surface area contributed by atoms with Gasteiger partial charge in [0.05, 0.1) is 19.3 Å². The minimum absolute atomic E-state index is 0.0854. The van der Waals surface area contributed by atoms with Gasteiger partial charge in [-0.15, -0.1) is 0 Å². The lowest BCUT2D eigenvalue weighted by Crippen LogP contribution is -2.52. The summed E-state index contributed by atoms with van der Waals surface area (Å²) in [6, 6.07) is -0.293. The third-order valence-corrected chi connectivity index (χ3v) is 1.86. The molecule has 0 aliphatic carbocycles. The zero-order valence-electron chi connectivity index (χ0n) is 7.50. The van der Waals surface area contributed by atoms with Crippen LogP contribution >= 0.6 is 0 Å². The molecule has 0 saturated carbocycles. The fourth-order valence-corrected chi connectivity index (χ4v) is 1.23. The smallest absolute Gasteiger partial charge is 0.325 e. The highest BCUT2D eigenvalue weighted by Gasteiger charge is 2.29. The molecule has 0 aromatic rings. The van der Waals surface area contributed by atoms with E-state index in [9.17, 15) is 4.79 Å². The molecule has 1 saturated heterocycles. The lowest BCUT2D eigenvalue weighted by molar-refractivity contribution is -0.151. The molecular formula is C8H15NO3. The summed E-state index contributed by atoms with van der Waals surface area (Å²) in [5.74, 6) is -0.218. The van der Waals surface area contributed by atoms with Gasteiger partial charge in [-0.3, -0.25) is 10.1 Å². The Morgan fingerprint density at radius 3 is 3.08 bits per heavy atom. The zero-order valence-corrected chi connectivity index (χ0v) is 7.50. The van der Waals surface area contributed by atoms with Crippen molar-refractivity contribution >= 4 is 5.97 Å². The van der Waals surface area contributed by atoms with Crippen molar-refractivity contribution in [3.63, 3.8) is 0 Å². The zero-order chi connectivity index (χ0) is 8.97. The second kappa shape index (κ2) is 4.42. The number of morpholine rings is 1. The SMILES string of the molecule is CCOC(=O)C1NCCOC1C. The van der Waals surface area contributed by atoms with Crippen LogP contribution in [0.3, 0.4) is 0 Å². The van der Waals surface area contributed by atoms with Crippen LogP contribution in [-0.4, -0.2) is 37.9 Å². The number of esters is 1. The molecule has 0 aromatic heterocycles. The van der Waals surface area contributed by atoms with Gasteiger partial charge in [-0.2, -0.15) is 0 Å². The van der Waals surface area contributed by atoms with E-state index in [0.717, 1.165) is 0 Å². The molecular weight excluding hydrogens is 158 g/mol. The van der Waals surface area contributed by atoms with E-state index in [0.29, 0.717) is 19.8 Å². The maximum Gasteiger partial charge on any atom is 0.325 e. The van der Waals surface area contributed by atoms with Crippen LogP contribution in [0.1, 0.15) is 13.8 Å². The molecule has 70 valence electrons. The summed E-state index contributed by atoms with van der Waals surface area (Å²) < 4.78 is 10.2. The van der Waals surface area contributed by atoms with Crippen LogP contribution in [-0.2, 0) is 14.3 Å². The molecule has 12 heavy (non-hydrogen) atoms. The van der Waals surface area contributed by atoms with Gasteiger partial charge in [0.2, 0.25) is 0 Å². The van der Waals surface area contributed by atoms with Crippen LogP contribution in [0, 0.1) is 0 Å². The molecule has 2 atom stereocenters. The molecule has 1 fully saturated rings. The predicted octanol–water partition coefficient (Wildman–Crippen LogP) is -0.0736. The van der Waals surface area contributed by atoms with E-state index < -0.39 is 0 Å². The summed E-state index contributed by atoms with van der Waals surface area (Å²) in [7, 11) is 0. The summed E-state index contributed by atoms with van der Waals surface area (Å²) in [6.45, 7) is 5.47. The van der Waals surface area contributed by atoms with E-state index in [2.05, 4.69) is 5.32 Å². The summed E-state index contributed by atoms with van der Waals surface area (Å²) in [6.07, 6.45) is -0.0854. The number of ether oxygens (including phenoxy) is 2. The Bertz CT molecular complexity index is 160. The summed E-state index contributed by atoms with van der Waals surface area (Å²) >= 11 is 0. The fraction of sp³-hybridized carbons (Fsp3) is 0.875. The van der Waals surface area contributed by atoms with Gasteiger partial charge in [-0.05, 0) is 13.8 Å². The number of hydrogen-bond donors (Lipinski definition) is 1. The van der Waals surface area contributed by atoms with Gasteiger partial charge in [0.25, 0.3) is 0 Å². The van der Waals surface area contributed by atoms with E-state index in [1.165, 1.54) is 0 Å². The second-order valence-corrected chi connectivity index (χ2v) is 2.76. The van der Waals surface area contributed by atoms with Crippen molar-refractivity contribution < 1.29 is 14.3 Å². The van der Waals surface area contributed by atoms with E-state index in [1.807, 2.05) is 6.92 Å². The van der Waals surface area contributed by atoms with Gasteiger partial charge in [-0.1, -0.05) is 0 Å². The topological polar surface area (TPSA) is 47.6 Å². The maximum atomic E-state index is 11.2. The highest BCUT2D eigenvalue weighted by atomic mass is 16.5. The normalized spacial score (nSPS) is 29.8. The number of rotatable bonds is 2. The molecule has 0 bridgehead atoms. The van der Waals surface area contributed by atoms with E-state index in [4.69, 9.17) is 9.47 Å². The number of nitrogens with one attached hydrogen (secondary N) is 1. The van der Waals surface area contributed by atoms with Gasteiger partial charge >= 0.3 is 5.97 Å². The second-order valence-electron chi connectivity index (χ2n) is 2.76. The van der Waals surface area contributed by atoms with Crippen molar-refractivity contribution in [3.8, 4) is 0 Å². The van der Waals surface area contributed by atoms with Crippen molar-refractivity contribution in [2.24, 2.45) is 0 Å². The molecule has 1 heterocycles. The summed E-state index contributed by atoms with van der Waals surface area (Å²) in [5.41, 5.74) is 0. The van der Waals surface area contributed by atoms with E-state index >= 15 is 0 Å². The van der Waals surface area contributed by atoms with Crippen LogP contribution < -0.4 is 5.32 Å². The van der Waals surface area contributed by atoms with Crippen molar-refractivity contribution in [1.82, 2.24) is 5.32 Å². The molecule has 2 unspecified atom stereocenters. The Morgan fingerprint density at radius 2 is 2.50 bits per heavy atom. The van der Waals surface area contributed by atoms with Gasteiger partial charge < -0.3 is 9.47 Å². The van der Waals surface area contributed by atoms with Crippen LogP contribution in [0.25, 0.3) is 0 Å². The van der Waals surface area contributed by atoms with Crippen LogP contribution in [0.15, 0.2) is 0 Å². The van der Waals surface area contributed by atoms with E-state index in [-0.39, 0.29) is 18.1 Å². The van der Waals surface area contributed by atoms with Gasteiger partial charge in [0.1, 0.15) is 6.04 Å². The first-order chi connectivity index (χ1) is 5.75. The molecule has 0 spiro atoms. The average Bonchev–Trinajstić information content (AvgIpc) is 2.05. The summed E-state index contributed by atoms with van der Waals surface area (Å²) in [5, 5.41) is 3.05. The first-order valence-electron chi connectivity index (χ1n) is 4.27. The molecule has 1 aliphatic heterocycles. The Labute approximate surface area is 72.2 Å². The lowest BCUT2D eigenvalue weighted by atomic mass is 10.1. The molecule has 1 N–H and O–H groups in total. The third kappa shape index (κ3) is 2.19. The largest absolute Gasteiger partial charge is 0.465 e. The minimum Gasteiger partial charge on any atom is -0.465 e. The molecule has 4 heteroatoms. The van der Waals surface area contributed by atoms with Crippen LogP contribution in [0.5, 0.6) is 0 Å². The maximum absolute atomic E-state index is 11.2. The molecule has 1 aliphatic rings. The van der Waals surface area contributed by atoms with E-state index in [1.54, 1.807) is 6.92 Å². The first-order valence-corrected chi connectivity index (χ1v) is 4.27. The highest BCUT2D eigenvalue weighted by molar-refractivity contribution is 5.76. The molecule has 4 nitrogen and oxygen atoms in total. The predicted molar refractivity (Wildman–Crippen MR) is 43.8 cm³/mol.